The fourth-order valence-electron chi connectivity index (χ4n) is 2.26. The van der Waals surface area contributed by atoms with E-state index in [0.717, 1.165) is 12.1 Å². The first-order chi connectivity index (χ1) is 9.80. The monoisotopic (exact) mass is 324 g/mol. The Balaban J connectivity index is 2.29. The van der Waals surface area contributed by atoms with Crippen molar-refractivity contribution in [2.45, 2.75) is 24.3 Å². The van der Waals surface area contributed by atoms with Crippen molar-refractivity contribution < 1.29 is 8.42 Å². The van der Waals surface area contributed by atoms with E-state index < -0.39 is 9.84 Å². The molecule has 0 saturated carbocycles. The Morgan fingerprint density at radius 3 is 2.57 bits per heavy atom. The maximum atomic E-state index is 11.8. The third-order valence-electron chi connectivity index (χ3n) is 3.56. The van der Waals surface area contributed by atoms with Gasteiger partial charge >= 0.3 is 0 Å². The summed E-state index contributed by atoms with van der Waals surface area (Å²) in [6, 6.07) is 9.49. The Kier molecular flexibility index (Phi) is 4.58. The van der Waals surface area contributed by atoms with Gasteiger partial charge in [-0.3, -0.25) is 0 Å². The normalized spacial score (nSPS) is 13.1. The van der Waals surface area contributed by atoms with Gasteiger partial charge in [0.05, 0.1) is 16.3 Å². The minimum Gasteiger partial charge on any atom is -0.396 e. The van der Waals surface area contributed by atoms with Crippen molar-refractivity contribution in [1.82, 2.24) is 0 Å². The molecule has 2 N–H and O–H groups in total. The zero-order chi connectivity index (χ0) is 15.6. The van der Waals surface area contributed by atoms with Crippen molar-refractivity contribution >= 4 is 32.5 Å². The van der Waals surface area contributed by atoms with Crippen LogP contribution in [0, 0.1) is 0 Å². The van der Waals surface area contributed by atoms with Crippen molar-refractivity contribution in [3.05, 3.63) is 40.6 Å². The average Bonchev–Trinajstić information content (AvgIpc) is 2.89. The molecular weight excluding hydrogens is 304 g/mol. The van der Waals surface area contributed by atoms with Crippen LogP contribution in [0.15, 0.2) is 40.6 Å². The summed E-state index contributed by atoms with van der Waals surface area (Å²) in [5.74, 6) is 0. The highest BCUT2D eigenvalue weighted by Gasteiger charge is 2.19. The molecule has 0 fully saturated rings. The number of thiophene rings is 1. The minimum absolute atomic E-state index is 0.190. The molecule has 6 heteroatoms. The number of anilines is 2. The Labute approximate surface area is 130 Å². The van der Waals surface area contributed by atoms with Crippen LogP contribution in [0.4, 0.5) is 11.4 Å². The molecule has 4 nitrogen and oxygen atoms in total. The quantitative estimate of drug-likeness (QED) is 0.859. The Morgan fingerprint density at radius 2 is 2.00 bits per heavy atom. The maximum absolute atomic E-state index is 11.8. The van der Waals surface area contributed by atoms with Crippen LogP contribution in [-0.4, -0.2) is 27.8 Å². The molecule has 1 unspecified atom stereocenters. The van der Waals surface area contributed by atoms with Crippen molar-refractivity contribution in [1.29, 1.82) is 0 Å². The molecule has 0 amide bonds. The van der Waals surface area contributed by atoms with Gasteiger partial charge in [0, 0.05) is 30.6 Å². The van der Waals surface area contributed by atoms with Crippen molar-refractivity contribution in [3.8, 4) is 0 Å². The lowest BCUT2D eigenvalue weighted by molar-refractivity contribution is 0.602. The minimum atomic E-state index is -3.31. The second-order valence-electron chi connectivity index (χ2n) is 5.20. The van der Waals surface area contributed by atoms with Gasteiger partial charge < -0.3 is 10.6 Å². The van der Waals surface area contributed by atoms with Crippen LogP contribution in [0.25, 0.3) is 0 Å². The van der Waals surface area contributed by atoms with Crippen LogP contribution in [0.1, 0.15) is 11.8 Å². The van der Waals surface area contributed by atoms with Gasteiger partial charge in [0.25, 0.3) is 0 Å². The van der Waals surface area contributed by atoms with Gasteiger partial charge in [-0.05, 0) is 30.5 Å². The molecule has 1 aromatic heterocycles. The fraction of sp³-hybridized carbons (Fsp3) is 0.333. The molecule has 0 spiro atoms. The summed E-state index contributed by atoms with van der Waals surface area (Å²) in [4.78, 5) is 3.52. The number of hydrogen-bond acceptors (Lipinski definition) is 5. The molecule has 0 aliphatic carbocycles. The van der Waals surface area contributed by atoms with E-state index in [1.807, 2.05) is 24.1 Å². The molecule has 0 aliphatic heterocycles. The van der Waals surface area contributed by atoms with E-state index in [4.69, 9.17) is 5.73 Å². The first kappa shape index (κ1) is 15.9. The van der Waals surface area contributed by atoms with Crippen LogP contribution < -0.4 is 10.6 Å². The number of nitrogens with zero attached hydrogens (tertiary/aromatic N) is 1. The van der Waals surface area contributed by atoms with Gasteiger partial charge in [-0.2, -0.15) is 0 Å². The average molecular weight is 324 g/mol. The standard InChI is InChI=1S/C15H20N2O2S2/c1-11(10-12-6-5-9-20-12)17(2)13-7-4-8-14(15(13)16)21(3,18)19/h4-9,11H,10,16H2,1-3H3. The summed E-state index contributed by atoms with van der Waals surface area (Å²) in [6.45, 7) is 2.10. The topological polar surface area (TPSA) is 63.4 Å². The van der Waals surface area contributed by atoms with E-state index in [-0.39, 0.29) is 10.9 Å². The number of sulfone groups is 1. The van der Waals surface area contributed by atoms with Crippen LogP contribution in [-0.2, 0) is 16.3 Å². The summed E-state index contributed by atoms with van der Waals surface area (Å²) in [5.41, 5.74) is 7.14. The number of likely N-dealkylation sites (N-methyl/N-ethyl adjacent to an activating group) is 1. The largest absolute Gasteiger partial charge is 0.396 e. The Bertz CT molecular complexity index is 709. The lowest BCUT2D eigenvalue weighted by atomic mass is 10.1. The van der Waals surface area contributed by atoms with Gasteiger partial charge in [0.1, 0.15) is 0 Å². The SMILES string of the molecule is CC(Cc1cccs1)N(C)c1cccc(S(C)(=O)=O)c1N. The third kappa shape index (κ3) is 3.57. The van der Waals surface area contributed by atoms with E-state index in [2.05, 4.69) is 18.4 Å². The summed E-state index contributed by atoms with van der Waals surface area (Å²) in [7, 11) is -1.37. The van der Waals surface area contributed by atoms with Crippen molar-refractivity contribution in [2.75, 3.05) is 23.9 Å². The van der Waals surface area contributed by atoms with Crippen molar-refractivity contribution in [3.63, 3.8) is 0 Å². The molecule has 0 saturated heterocycles. The van der Waals surface area contributed by atoms with Gasteiger partial charge in [-0.25, -0.2) is 8.42 Å². The van der Waals surface area contributed by atoms with E-state index >= 15 is 0 Å². The number of rotatable bonds is 5. The predicted molar refractivity (Wildman–Crippen MR) is 89.9 cm³/mol. The molecule has 2 aromatic rings. The molecule has 0 radical (unpaired) electrons. The first-order valence-electron chi connectivity index (χ1n) is 6.64. The zero-order valence-corrected chi connectivity index (χ0v) is 14.0. The maximum Gasteiger partial charge on any atom is 0.177 e. The first-order valence-corrected chi connectivity index (χ1v) is 9.41. The molecule has 0 aliphatic rings. The van der Waals surface area contributed by atoms with Gasteiger partial charge in [0.2, 0.25) is 0 Å². The molecule has 114 valence electrons. The smallest absolute Gasteiger partial charge is 0.177 e. The van der Waals surface area contributed by atoms with Crippen LogP contribution in [0.5, 0.6) is 0 Å². The molecule has 1 heterocycles. The van der Waals surface area contributed by atoms with Gasteiger partial charge in [-0.1, -0.05) is 12.1 Å². The summed E-state index contributed by atoms with van der Waals surface area (Å²) in [6.07, 6.45) is 2.08. The number of nitrogen functional groups attached to an aromatic ring is 1. The van der Waals surface area contributed by atoms with Crippen LogP contribution in [0.2, 0.25) is 0 Å². The lowest BCUT2D eigenvalue weighted by Crippen LogP contribution is -2.31. The lowest BCUT2D eigenvalue weighted by Gasteiger charge is -2.28. The predicted octanol–water partition coefficient (Wildman–Crippen LogP) is 2.80. The molecular formula is C15H20N2O2S2. The second-order valence-corrected chi connectivity index (χ2v) is 8.22. The van der Waals surface area contributed by atoms with Crippen LogP contribution >= 0.6 is 11.3 Å². The Hall–Kier alpha value is -1.53. The third-order valence-corrected chi connectivity index (χ3v) is 5.61. The van der Waals surface area contributed by atoms with E-state index in [1.54, 1.807) is 23.5 Å². The highest BCUT2D eigenvalue weighted by Crippen LogP contribution is 2.30. The number of nitrogens with two attached hydrogens (primary N) is 1. The molecule has 2 rings (SSSR count). The fourth-order valence-corrected chi connectivity index (χ4v) is 3.91. The molecule has 0 bridgehead atoms. The molecule has 1 atom stereocenters. The summed E-state index contributed by atoms with van der Waals surface area (Å²) >= 11 is 1.72. The van der Waals surface area contributed by atoms with Crippen LogP contribution in [0.3, 0.4) is 0 Å². The number of para-hydroxylation sites is 1. The van der Waals surface area contributed by atoms with E-state index in [0.29, 0.717) is 5.69 Å². The summed E-state index contributed by atoms with van der Waals surface area (Å²) < 4.78 is 23.5. The Morgan fingerprint density at radius 1 is 1.29 bits per heavy atom. The second kappa shape index (κ2) is 6.07. The van der Waals surface area contributed by atoms with E-state index in [9.17, 15) is 8.42 Å². The molecule has 21 heavy (non-hydrogen) atoms. The highest BCUT2D eigenvalue weighted by molar-refractivity contribution is 7.90. The summed E-state index contributed by atoms with van der Waals surface area (Å²) in [5, 5.41) is 2.06. The number of hydrogen-bond donors (Lipinski definition) is 1. The zero-order valence-electron chi connectivity index (χ0n) is 12.4. The number of benzene rings is 1. The molecule has 1 aromatic carbocycles. The van der Waals surface area contributed by atoms with E-state index in [1.165, 1.54) is 11.1 Å². The van der Waals surface area contributed by atoms with Gasteiger partial charge in [-0.15, -0.1) is 11.3 Å². The van der Waals surface area contributed by atoms with Gasteiger partial charge in [0.15, 0.2) is 9.84 Å². The highest BCUT2D eigenvalue weighted by atomic mass is 32.2. The van der Waals surface area contributed by atoms with Crippen molar-refractivity contribution in [2.24, 2.45) is 0 Å².